The Morgan fingerprint density at radius 2 is 1.59 bits per heavy atom. The van der Waals surface area contributed by atoms with Crippen molar-refractivity contribution in [2.75, 3.05) is 23.9 Å². The number of methoxy groups -OCH3 is 1. The zero-order valence-electron chi connectivity index (χ0n) is 21.7. The van der Waals surface area contributed by atoms with Crippen LogP contribution in [0.2, 0.25) is 0 Å². The molecule has 4 aromatic rings. The molecule has 1 N–H and O–H groups in total. The lowest BCUT2D eigenvalue weighted by Gasteiger charge is -2.29. The van der Waals surface area contributed by atoms with Crippen molar-refractivity contribution in [3.63, 3.8) is 0 Å². The van der Waals surface area contributed by atoms with Gasteiger partial charge < -0.3 is 19.7 Å². The fraction of sp³-hybridized carbons (Fsp3) is 0.267. The van der Waals surface area contributed by atoms with E-state index in [2.05, 4.69) is 17.1 Å². The van der Waals surface area contributed by atoms with E-state index in [4.69, 9.17) is 9.47 Å². The average molecular weight is 503 g/mol. The smallest absolute Gasteiger partial charge is 0.272 e. The van der Waals surface area contributed by atoms with Crippen molar-refractivity contribution in [2.45, 2.75) is 39.2 Å². The zero-order chi connectivity index (χ0) is 26.7. The average Bonchev–Trinajstić information content (AvgIpc) is 2.89. The van der Waals surface area contributed by atoms with Crippen molar-refractivity contribution in [3.8, 4) is 11.5 Å². The highest BCUT2D eigenvalue weighted by molar-refractivity contribution is 5.74. The lowest BCUT2D eigenvalue weighted by atomic mass is 10.00. The summed E-state index contributed by atoms with van der Waals surface area (Å²) in [6.07, 6.45) is 0. The highest BCUT2D eigenvalue weighted by Gasteiger charge is 2.27. The van der Waals surface area contributed by atoms with Gasteiger partial charge in [-0.1, -0.05) is 25.1 Å². The van der Waals surface area contributed by atoms with Gasteiger partial charge in [-0.05, 0) is 86.8 Å². The van der Waals surface area contributed by atoms with Gasteiger partial charge in [-0.25, -0.2) is 4.39 Å². The standard InChI is InChI=1S/C30H31FN2O4/c1-19(20-9-11-21(31)12-10-20)18-33(23-13-15-25(36-5)16-14-23)24-8-6-7-22(17-24)32-26-27(34)28(35)29(26)37-30(2,3)4/h6-17,19,32H,18H2,1-5H3. The van der Waals surface area contributed by atoms with Gasteiger partial charge in [0, 0.05) is 23.6 Å². The van der Waals surface area contributed by atoms with Gasteiger partial charge >= 0.3 is 0 Å². The molecular weight excluding hydrogens is 471 g/mol. The number of hydrogen-bond acceptors (Lipinski definition) is 6. The topological polar surface area (TPSA) is 67.9 Å². The van der Waals surface area contributed by atoms with Crippen molar-refractivity contribution in [1.29, 1.82) is 0 Å². The number of rotatable bonds is 9. The van der Waals surface area contributed by atoms with E-state index < -0.39 is 16.5 Å². The first kappa shape index (κ1) is 25.9. The second kappa shape index (κ2) is 10.5. The van der Waals surface area contributed by atoms with Crippen LogP contribution in [0.4, 0.5) is 27.1 Å². The second-order valence-electron chi connectivity index (χ2n) is 10.0. The maximum absolute atomic E-state index is 13.5. The summed E-state index contributed by atoms with van der Waals surface area (Å²) >= 11 is 0. The Bertz CT molecular complexity index is 1430. The van der Waals surface area contributed by atoms with E-state index in [0.29, 0.717) is 12.2 Å². The summed E-state index contributed by atoms with van der Waals surface area (Å²) in [6, 6.07) is 21.9. The summed E-state index contributed by atoms with van der Waals surface area (Å²) in [5.74, 6) is 0.617. The van der Waals surface area contributed by atoms with E-state index in [9.17, 15) is 14.0 Å². The molecule has 0 bridgehead atoms. The number of ether oxygens (including phenoxy) is 2. The first-order valence-corrected chi connectivity index (χ1v) is 12.1. The molecule has 192 valence electrons. The van der Waals surface area contributed by atoms with Gasteiger partial charge in [0.1, 0.15) is 22.9 Å². The fourth-order valence-electron chi connectivity index (χ4n) is 4.08. The molecule has 0 spiro atoms. The van der Waals surface area contributed by atoms with E-state index in [1.807, 2.05) is 69.3 Å². The predicted molar refractivity (Wildman–Crippen MR) is 146 cm³/mol. The van der Waals surface area contributed by atoms with Crippen molar-refractivity contribution in [1.82, 2.24) is 0 Å². The van der Waals surface area contributed by atoms with Crippen LogP contribution in [0.3, 0.4) is 0 Å². The minimum Gasteiger partial charge on any atom is -0.497 e. The summed E-state index contributed by atoms with van der Waals surface area (Å²) in [4.78, 5) is 26.6. The van der Waals surface area contributed by atoms with Gasteiger partial charge in [0.2, 0.25) is 0 Å². The molecule has 0 amide bonds. The number of halogens is 1. The molecule has 7 heteroatoms. The van der Waals surface area contributed by atoms with Crippen LogP contribution in [0.1, 0.15) is 39.2 Å². The van der Waals surface area contributed by atoms with Crippen LogP contribution in [0, 0.1) is 5.82 Å². The zero-order valence-corrected chi connectivity index (χ0v) is 21.7. The Morgan fingerprint density at radius 3 is 2.22 bits per heavy atom. The molecule has 37 heavy (non-hydrogen) atoms. The molecular formula is C30H31FN2O4. The predicted octanol–water partition coefficient (Wildman–Crippen LogP) is 6.29. The molecule has 1 unspecified atom stereocenters. The molecule has 0 aromatic heterocycles. The largest absolute Gasteiger partial charge is 0.497 e. The highest BCUT2D eigenvalue weighted by Crippen LogP contribution is 2.33. The van der Waals surface area contributed by atoms with Crippen LogP contribution in [0.25, 0.3) is 0 Å². The molecule has 4 aromatic carbocycles. The van der Waals surface area contributed by atoms with Crippen LogP contribution in [0.15, 0.2) is 82.4 Å². The van der Waals surface area contributed by atoms with Gasteiger partial charge in [0.05, 0.1) is 7.11 Å². The SMILES string of the molecule is COc1ccc(N(CC(C)c2ccc(F)cc2)c2cccc(Nc3c(OC(C)(C)C)c(=O)c3=O)c2)cc1. The Labute approximate surface area is 216 Å². The quantitative estimate of drug-likeness (QED) is 0.271. The molecule has 0 radical (unpaired) electrons. The van der Waals surface area contributed by atoms with Crippen LogP contribution in [-0.2, 0) is 0 Å². The van der Waals surface area contributed by atoms with Crippen molar-refractivity contribution < 1.29 is 13.9 Å². The summed E-state index contributed by atoms with van der Waals surface area (Å²) in [6.45, 7) is 8.17. The number of nitrogens with one attached hydrogen (secondary N) is 1. The van der Waals surface area contributed by atoms with E-state index in [1.165, 1.54) is 12.1 Å². The first-order valence-electron chi connectivity index (χ1n) is 12.1. The van der Waals surface area contributed by atoms with E-state index in [0.717, 1.165) is 22.7 Å². The number of nitrogens with zero attached hydrogens (tertiary/aromatic N) is 1. The molecule has 0 heterocycles. The van der Waals surface area contributed by atoms with Crippen LogP contribution < -0.4 is 30.5 Å². The lowest BCUT2D eigenvalue weighted by Crippen LogP contribution is -2.39. The molecule has 4 rings (SSSR count). The van der Waals surface area contributed by atoms with Crippen LogP contribution in [0.5, 0.6) is 11.5 Å². The van der Waals surface area contributed by atoms with Gasteiger partial charge in [0.25, 0.3) is 10.9 Å². The van der Waals surface area contributed by atoms with Crippen LogP contribution in [-0.4, -0.2) is 19.3 Å². The Kier molecular flexibility index (Phi) is 7.34. The van der Waals surface area contributed by atoms with Crippen molar-refractivity contribution >= 4 is 22.7 Å². The maximum Gasteiger partial charge on any atom is 0.272 e. The molecule has 0 aliphatic heterocycles. The lowest BCUT2D eigenvalue weighted by molar-refractivity contribution is 0.128. The van der Waals surface area contributed by atoms with Crippen molar-refractivity contribution in [2.24, 2.45) is 0 Å². The maximum atomic E-state index is 13.5. The molecule has 0 saturated carbocycles. The van der Waals surface area contributed by atoms with Gasteiger partial charge in [-0.3, -0.25) is 9.59 Å². The van der Waals surface area contributed by atoms with Gasteiger partial charge in [0.15, 0.2) is 5.75 Å². The normalized spacial score (nSPS) is 12.3. The third-order valence-electron chi connectivity index (χ3n) is 5.98. The molecule has 0 saturated heterocycles. The third kappa shape index (κ3) is 6.00. The monoisotopic (exact) mass is 502 g/mol. The van der Waals surface area contributed by atoms with E-state index in [1.54, 1.807) is 19.2 Å². The molecule has 0 aliphatic carbocycles. The van der Waals surface area contributed by atoms with Crippen LogP contribution >= 0.6 is 0 Å². The third-order valence-corrected chi connectivity index (χ3v) is 5.98. The summed E-state index contributed by atoms with van der Waals surface area (Å²) < 4.78 is 24.5. The van der Waals surface area contributed by atoms with Gasteiger partial charge in [-0.15, -0.1) is 0 Å². The summed E-state index contributed by atoms with van der Waals surface area (Å²) in [7, 11) is 1.62. The molecule has 1 atom stereocenters. The van der Waals surface area contributed by atoms with Gasteiger partial charge in [-0.2, -0.15) is 0 Å². The first-order chi connectivity index (χ1) is 17.6. The Morgan fingerprint density at radius 1 is 0.919 bits per heavy atom. The van der Waals surface area contributed by atoms with Crippen molar-refractivity contribution in [3.05, 3.63) is 105 Å². The highest BCUT2D eigenvalue weighted by atomic mass is 19.1. The minimum atomic E-state index is -0.624. The Hall–Kier alpha value is -4.13. The summed E-state index contributed by atoms with van der Waals surface area (Å²) in [5.41, 5.74) is 1.82. The molecule has 0 aliphatic rings. The summed E-state index contributed by atoms with van der Waals surface area (Å²) in [5, 5.41) is 3.08. The minimum absolute atomic E-state index is 0.0554. The molecule has 6 nitrogen and oxygen atoms in total. The fourth-order valence-corrected chi connectivity index (χ4v) is 4.08. The number of benzene rings is 3. The number of hydrogen-bond donors (Lipinski definition) is 1. The van der Waals surface area contributed by atoms with E-state index in [-0.39, 0.29) is 23.2 Å². The number of anilines is 4. The Balaban J connectivity index is 1.66. The van der Waals surface area contributed by atoms with E-state index >= 15 is 0 Å². The molecule has 0 fully saturated rings. The second-order valence-corrected chi connectivity index (χ2v) is 10.0.